The average Bonchev–Trinajstić information content (AvgIpc) is 3.03. The maximum atomic E-state index is 13.3. The van der Waals surface area contributed by atoms with Crippen LogP contribution in [-0.4, -0.2) is 107 Å². The molecule has 2 fully saturated rings. The van der Waals surface area contributed by atoms with Gasteiger partial charge in [0.05, 0.1) is 11.8 Å². The van der Waals surface area contributed by atoms with Crippen LogP contribution in [0.4, 0.5) is 31.1 Å². The zero-order valence-electron chi connectivity index (χ0n) is 26.9. The first-order chi connectivity index (χ1) is 24.0. The minimum absolute atomic E-state index is 0.107. The van der Waals surface area contributed by atoms with E-state index in [0.29, 0.717) is 11.3 Å². The van der Waals surface area contributed by atoms with Crippen molar-refractivity contribution in [1.82, 2.24) is 24.8 Å². The molecule has 2 aliphatic heterocycles. The zero-order valence-corrected chi connectivity index (χ0v) is 27.7. The van der Waals surface area contributed by atoms with Crippen molar-refractivity contribution in [3.05, 3.63) is 71.4 Å². The van der Waals surface area contributed by atoms with Crippen molar-refractivity contribution in [2.45, 2.75) is 31.4 Å². The van der Waals surface area contributed by atoms with Gasteiger partial charge in [-0.25, -0.2) is 22.8 Å². The first-order valence-corrected chi connectivity index (χ1v) is 16.4. The summed E-state index contributed by atoms with van der Waals surface area (Å²) in [6.07, 6.45) is -9.05. The number of aliphatic carboxylic acids is 2. The Morgan fingerprint density at radius 2 is 1.35 bits per heavy atom. The number of sulfonamides is 1. The van der Waals surface area contributed by atoms with Gasteiger partial charge in [0.1, 0.15) is 12.4 Å². The number of urea groups is 1. The van der Waals surface area contributed by atoms with Gasteiger partial charge < -0.3 is 14.9 Å². The highest BCUT2D eigenvalue weighted by molar-refractivity contribution is 7.88. The number of alkyl halides is 6. The van der Waals surface area contributed by atoms with E-state index in [9.17, 15) is 49.1 Å². The fraction of sp³-hybridized carbons (Fsp3) is 0.333. The normalized spacial score (nSPS) is 16.7. The van der Waals surface area contributed by atoms with E-state index in [4.69, 9.17) is 24.5 Å². The molecule has 0 unspecified atom stereocenters. The number of ether oxygens (including phenoxy) is 1. The minimum Gasteiger partial charge on any atom is -0.489 e. The van der Waals surface area contributed by atoms with Crippen LogP contribution in [0.1, 0.15) is 16.8 Å². The highest BCUT2D eigenvalue weighted by Crippen LogP contribution is 2.34. The number of carboxylic acid groups (broad SMARTS) is 2. The quantitative estimate of drug-likeness (QED) is 0.211. The number of nitrogens with one attached hydrogen (secondary N) is 2. The number of aryl methyl sites for hydroxylation is 1. The summed E-state index contributed by atoms with van der Waals surface area (Å²) in [7, 11) is -3.42. The average molecular weight is 766 g/mol. The lowest BCUT2D eigenvalue weighted by Gasteiger charge is -2.46. The number of carbonyl (C=O) groups excluding carboxylic acids is 3. The second kappa shape index (κ2) is 15.9. The summed E-state index contributed by atoms with van der Waals surface area (Å²) in [4.78, 5) is 62.3. The Kier molecular flexibility index (Phi) is 12.6. The van der Waals surface area contributed by atoms with Gasteiger partial charge in [0.15, 0.2) is 0 Å². The van der Waals surface area contributed by atoms with E-state index in [1.54, 1.807) is 29.2 Å². The number of imide groups is 2. The highest BCUT2D eigenvalue weighted by atomic mass is 32.2. The van der Waals surface area contributed by atoms with Crippen molar-refractivity contribution in [2.24, 2.45) is 0 Å². The molecule has 2 saturated heterocycles. The van der Waals surface area contributed by atoms with E-state index in [2.05, 4.69) is 15.6 Å². The number of para-hydroxylation sites is 1. The van der Waals surface area contributed by atoms with Gasteiger partial charge in [-0.05, 0) is 36.8 Å². The predicted molar refractivity (Wildman–Crippen MR) is 166 cm³/mol. The van der Waals surface area contributed by atoms with Crippen molar-refractivity contribution in [1.29, 1.82) is 0 Å². The largest absolute Gasteiger partial charge is 0.490 e. The van der Waals surface area contributed by atoms with Crippen LogP contribution in [0.3, 0.4) is 0 Å². The molecule has 282 valence electrons. The van der Waals surface area contributed by atoms with E-state index < -0.39 is 57.7 Å². The Balaban J connectivity index is 0.000000441. The van der Waals surface area contributed by atoms with Gasteiger partial charge in [0.25, 0.3) is 11.8 Å². The number of amides is 4. The van der Waals surface area contributed by atoms with Gasteiger partial charge in [-0.1, -0.05) is 30.3 Å². The molecule has 0 saturated carbocycles. The first kappa shape index (κ1) is 41.1. The second-order valence-electron chi connectivity index (χ2n) is 11.0. The maximum Gasteiger partial charge on any atom is 0.490 e. The SMILES string of the molecule is Cc1cc(COc2ccc(C3(N4CCN(S(C)(=O)=O)CC4)C(=O)NC(=O)NC3=O)cc2)c2ccccc2n1.O=C(O)C(F)(F)F.O=C(O)C(F)(F)F. The van der Waals surface area contributed by atoms with Crippen LogP contribution in [0.5, 0.6) is 5.75 Å². The molecule has 5 rings (SSSR count). The van der Waals surface area contributed by atoms with Gasteiger partial charge in [-0.2, -0.15) is 30.6 Å². The third-order valence-corrected chi connectivity index (χ3v) is 8.68. The van der Waals surface area contributed by atoms with Crippen LogP contribution in [-0.2, 0) is 41.3 Å². The van der Waals surface area contributed by atoms with E-state index >= 15 is 0 Å². The van der Waals surface area contributed by atoms with Gasteiger partial charge >= 0.3 is 30.3 Å². The highest BCUT2D eigenvalue weighted by Gasteiger charge is 2.56. The van der Waals surface area contributed by atoms with Gasteiger partial charge in [0.2, 0.25) is 15.6 Å². The molecule has 3 heterocycles. The number of carbonyl (C=O) groups is 5. The third-order valence-electron chi connectivity index (χ3n) is 7.37. The molecule has 0 aliphatic carbocycles. The summed E-state index contributed by atoms with van der Waals surface area (Å²) in [6.45, 7) is 2.66. The number of pyridine rings is 1. The van der Waals surface area contributed by atoms with Crippen LogP contribution >= 0.6 is 0 Å². The predicted octanol–water partition coefficient (Wildman–Crippen LogP) is 2.53. The van der Waals surface area contributed by atoms with Crippen LogP contribution in [0, 0.1) is 6.92 Å². The van der Waals surface area contributed by atoms with Gasteiger partial charge in [0, 0.05) is 42.8 Å². The molecule has 0 spiro atoms. The Hall–Kier alpha value is -5.35. The Morgan fingerprint density at radius 3 is 1.81 bits per heavy atom. The minimum atomic E-state index is -5.08. The van der Waals surface area contributed by atoms with Crippen molar-refractivity contribution >= 4 is 50.7 Å². The first-order valence-electron chi connectivity index (χ1n) is 14.5. The smallest absolute Gasteiger partial charge is 0.489 e. The number of hydrogen-bond acceptors (Lipinski definition) is 10. The molecular weight excluding hydrogens is 736 g/mol. The lowest BCUT2D eigenvalue weighted by atomic mass is 9.84. The summed E-state index contributed by atoms with van der Waals surface area (Å²) < 4.78 is 94.7. The molecule has 2 aromatic carbocycles. The topological polar surface area (TPSA) is 213 Å². The molecule has 1 aromatic heterocycles. The van der Waals surface area contributed by atoms with Crippen molar-refractivity contribution in [3.8, 4) is 5.75 Å². The summed E-state index contributed by atoms with van der Waals surface area (Å²) >= 11 is 0. The van der Waals surface area contributed by atoms with E-state index in [-0.39, 0.29) is 32.8 Å². The third kappa shape index (κ3) is 9.91. The van der Waals surface area contributed by atoms with Crippen LogP contribution in [0.15, 0.2) is 54.6 Å². The molecule has 2 aliphatic rings. The Labute approximate surface area is 290 Å². The number of hydrogen-bond donors (Lipinski definition) is 4. The van der Waals surface area contributed by atoms with Crippen molar-refractivity contribution in [2.75, 3.05) is 32.4 Å². The number of rotatable bonds is 6. The van der Waals surface area contributed by atoms with Crippen molar-refractivity contribution in [3.63, 3.8) is 0 Å². The Bertz CT molecular complexity index is 1900. The molecule has 3 aromatic rings. The number of carboxylic acids is 2. The molecule has 0 radical (unpaired) electrons. The number of halogens is 6. The summed E-state index contributed by atoms with van der Waals surface area (Å²) in [5.74, 6) is -6.56. The Morgan fingerprint density at radius 1 is 0.865 bits per heavy atom. The molecule has 15 nitrogen and oxygen atoms in total. The summed E-state index contributed by atoms with van der Waals surface area (Å²) in [5, 5.41) is 19.6. The summed E-state index contributed by atoms with van der Waals surface area (Å²) in [5.41, 5.74) is 1.23. The molecule has 22 heteroatoms. The number of aromatic nitrogens is 1. The van der Waals surface area contributed by atoms with E-state index in [0.717, 1.165) is 28.4 Å². The van der Waals surface area contributed by atoms with Gasteiger partial charge in [-0.3, -0.25) is 30.1 Å². The number of benzene rings is 2. The standard InChI is InChI=1S/C26H27N5O6S.2C2HF3O2/c1-17-15-18(21-5-3-4-6-22(21)27-17)16-37-20-9-7-19(8-10-20)26(23(32)28-25(34)29-24(26)33)30-11-13-31(14-12-30)38(2,35)36;2*3-2(4,5)1(6)7/h3-10,15H,11-14,16H2,1-2H3,(H2,28,29,32,33,34);2*(H,6,7). The molecule has 0 bridgehead atoms. The van der Waals surface area contributed by atoms with Crippen LogP contribution in [0.25, 0.3) is 10.9 Å². The van der Waals surface area contributed by atoms with Crippen molar-refractivity contribution < 1.29 is 73.7 Å². The van der Waals surface area contributed by atoms with E-state index in [1.807, 2.05) is 37.3 Å². The van der Waals surface area contributed by atoms with Gasteiger partial charge in [-0.15, -0.1) is 0 Å². The van der Waals surface area contributed by atoms with E-state index in [1.165, 1.54) is 4.31 Å². The number of piperazine rings is 1. The lowest BCUT2D eigenvalue weighted by molar-refractivity contribution is -0.193. The van der Waals surface area contributed by atoms with Crippen LogP contribution < -0.4 is 15.4 Å². The number of nitrogens with zero attached hydrogens (tertiary/aromatic N) is 3. The van der Waals surface area contributed by atoms with Crippen LogP contribution in [0.2, 0.25) is 0 Å². The fourth-order valence-electron chi connectivity index (χ4n) is 5.08. The molecule has 4 amide bonds. The molecule has 52 heavy (non-hydrogen) atoms. The second-order valence-corrected chi connectivity index (χ2v) is 12.9. The zero-order chi connectivity index (χ0) is 39.2. The monoisotopic (exact) mass is 765 g/mol. The number of barbiturate groups is 1. The fourth-order valence-corrected chi connectivity index (χ4v) is 5.90. The molecule has 0 atom stereocenters. The summed E-state index contributed by atoms with van der Waals surface area (Å²) in [6, 6.07) is 15.4. The maximum absolute atomic E-state index is 13.3. The molecule has 4 N–H and O–H groups in total. The lowest BCUT2D eigenvalue weighted by Crippen LogP contribution is -2.73. The molecular formula is C30H29F6N5O10S. The number of fused-ring (bicyclic) bond motifs is 1.